The molecule has 6 heteroatoms. The standard InChI is InChI=1S/C11H11N5O/c1-6-2-3-17-7(6)4-8-15-10(12)9-11(16-8)14-5-13-9/h2-3,5H,4H2,1H3,(H3,12,13,14,15,16). The van der Waals surface area contributed by atoms with Crippen molar-refractivity contribution in [1.82, 2.24) is 19.9 Å². The van der Waals surface area contributed by atoms with Gasteiger partial charge in [0.15, 0.2) is 11.5 Å². The molecule has 3 aromatic heterocycles. The molecule has 0 aliphatic rings. The predicted molar refractivity (Wildman–Crippen MR) is 62.3 cm³/mol. The van der Waals surface area contributed by atoms with E-state index in [2.05, 4.69) is 19.9 Å². The highest BCUT2D eigenvalue weighted by Crippen LogP contribution is 2.17. The lowest BCUT2D eigenvalue weighted by Crippen LogP contribution is -2.02. The summed E-state index contributed by atoms with van der Waals surface area (Å²) in [7, 11) is 0. The van der Waals surface area contributed by atoms with Crippen molar-refractivity contribution in [1.29, 1.82) is 0 Å². The lowest BCUT2D eigenvalue weighted by Gasteiger charge is -2.00. The van der Waals surface area contributed by atoms with E-state index >= 15 is 0 Å². The van der Waals surface area contributed by atoms with Gasteiger partial charge in [0.25, 0.3) is 0 Å². The summed E-state index contributed by atoms with van der Waals surface area (Å²) in [5, 5.41) is 0. The first kappa shape index (κ1) is 9.83. The molecule has 6 nitrogen and oxygen atoms in total. The Morgan fingerprint density at radius 2 is 2.29 bits per heavy atom. The van der Waals surface area contributed by atoms with Crippen molar-refractivity contribution < 1.29 is 4.42 Å². The van der Waals surface area contributed by atoms with Gasteiger partial charge in [0.2, 0.25) is 0 Å². The molecule has 0 atom stereocenters. The van der Waals surface area contributed by atoms with Crippen molar-refractivity contribution >= 4 is 17.0 Å². The average Bonchev–Trinajstić information content (AvgIpc) is 2.89. The molecule has 0 spiro atoms. The number of aromatic nitrogens is 4. The normalized spacial score (nSPS) is 11.1. The predicted octanol–water partition coefficient (Wildman–Crippen LogP) is 1.43. The molecule has 0 unspecified atom stereocenters. The molecule has 0 amide bonds. The van der Waals surface area contributed by atoms with Gasteiger partial charge in [0.1, 0.15) is 17.1 Å². The van der Waals surface area contributed by atoms with E-state index < -0.39 is 0 Å². The molecule has 0 aliphatic carbocycles. The van der Waals surface area contributed by atoms with Crippen LogP contribution in [0.1, 0.15) is 17.1 Å². The van der Waals surface area contributed by atoms with Crippen molar-refractivity contribution in [2.45, 2.75) is 13.3 Å². The third-order valence-electron chi connectivity index (χ3n) is 2.65. The van der Waals surface area contributed by atoms with Crippen LogP contribution in [0.5, 0.6) is 0 Å². The number of fused-ring (bicyclic) bond motifs is 1. The molecule has 3 N–H and O–H groups in total. The maximum Gasteiger partial charge on any atom is 0.183 e. The number of nitrogens with zero attached hydrogens (tertiary/aromatic N) is 3. The number of furan rings is 1. The van der Waals surface area contributed by atoms with Crippen LogP contribution in [0.25, 0.3) is 11.2 Å². The van der Waals surface area contributed by atoms with E-state index in [1.54, 1.807) is 12.6 Å². The largest absolute Gasteiger partial charge is 0.469 e. The molecule has 3 rings (SSSR count). The number of aromatic amines is 1. The van der Waals surface area contributed by atoms with Gasteiger partial charge in [0, 0.05) is 0 Å². The van der Waals surface area contributed by atoms with E-state index in [0.717, 1.165) is 11.3 Å². The molecule has 0 saturated carbocycles. The molecule has 0 aromatic carbocycles. The molecule has 3 heterocycles. The highest BCUT2D eigenvalue weighted by molar-refractivity contribution is 5.80. The molecule has 0 aliphatic heterocycles. The first-order valence-corrected chi connectivity index (χ1v) is 5.22. The molecule has 0 saturated heterocycles. The number of H-pyrrole nitrogens is 1. The second-order valence-electron chi connectivity index (χ2n) is 3.83. The van der Waals surface area contributed by atoms with Crippen LogP contribution in [0.15, 0.2) is 23.1 Å². The van der Waals surface area contributed by atoms with Crippen LogP contribution in [-0.4, -0.2) is 19.9 Å². The van der Waals surface area contributed by atoms with Gasteiger partial charge in [-0.2, -0.15) is 0 Å². The third-order valence-corrected chi connectivity index (χ3v) is 2.65. The van der Waals surface area contributed by atoms with E-state index in [4.69, 9.17) is 10.2 Å². The second kappa shape index (κ2) is 3.58. The number of imidazole rings is 1. The van der Waals surface area contributed by atoms with Gasteiger partial charge in [-0.25, -0.2) is 15.0 Å². The van der Waals surface area contributed by atoms with E-state index in [-0.39, 0.29) is 0 Å². The SMILES string of the molecule is Cc1ccoc1Cc1nc(N)c2[nH]cnc2n1. The Hall–Kier alpha value is -2.37. The fraction of sp³-hybridized carbons (Fsp3) is 0.182. The van der Waals surface area contributed by atoms with Crippen LogP contribution in [0.2, 0.25) is 0 Å². The van der Waals surface area contributed by atoms with Crippen molar-refractivity contribution in [2.75, 3.05) is 5.73 Å². The molecular formula is C11H11N5O. The fourth-order valence-electron chi connectivity index (χ4n) is 1.71. The minimum atomic E-state index is 0.409. The molecule has 0 bridgehead atoms. The molecule has 3 aromatic rings. The summed E-state index contributed by atoms with van der Waals surface area (Å²) < 4.78 is 5.35. The molecule has 0 fully saturated rings. The van der Waals surface area contributed by atoms with Gasteiger partial charge in [0.05, 0.1) is 19.0 Å². The number of aryl methyl sites for hydroxylation is 1. The van der Waals surface area contributed by atoms with Gasteiger partial charge in [-0.3, -0.25) is 0 Å². The zero-order valence-electron chi connectivity index (χ0n) is 9.27. The Bertz CT molecular complexity index is 669. The lowest BCUT2D eigenvalue weighted by molar-refractivity contribution is 0.514. The maximum absolute atomic E-state index is 5.82. The number of nitrogens with one attached hydrogen (secondary N) is 1. The minimum Gasteiger partial charge on any atom is -0.469 e. The summed E-state index contributed by atoms with van der Waals surface area (Å²) >= 11 is 0. The third kappa shape index (κ3) is 1.63. The number of hydrogen-bond donors (Lipinski definition) is 2. The van der Waals surface area contributed by atoms with Crippen molar-refractivity contribution in [2.24, 2.45) is 0 Å². The van der Waals surface area contributed by atoms with E-state index in [1.165, 1.54) is 0 Å². The van der Waals surface area contributed by atoms with Gasteiger partial charge in [-0.1, -0.05) is 0 Å². The Kier molecular flexibility index (Phi) is 2.07. The van der Waals surface area contributed by atoms with E-state index in [9.17, 15) is 0 Å². The number of hydrogen-bond acceptors (Lipinski definition) is 5. The van der Waals surface area contributed by atoms with Crippen LogP contribution < -0.4 is 5.73 Å². The highest BCUT2D eigenvalue weighted by Gasteiger charge is 2.10. The van der Waals surface area contributed by atoms with Crippen LogP contribution in [0.4, 0.5) is 5.82 Å². The smallest absolute Gasteiger partial charge is 0.183 e. The summed E-state index contributed by atoms with van der Waals surface area (Å²) in [5.41, 5.74) is 8.15. The Morgan fingerprint density at radius 1 is 1.41 bits per heavy atom. The average molecular weight is 229 g/mol. The molecule has 0 radical (unpaired) electrons. The monoisotopic (exact) mass is 229 g/mol. The van der Waals surface area contributed by atoms with Crippen molar-refractivity contribution in [3.63, 3.8) is 0 Å². The summed E-state index contributed by atoms with van der Waals surface area (Å²) in [6, 6.07) is 1.91. The zero-order chi connectivity index (χ0) is 11.8. The lowest BCUT2D eigenvalue weighted by atomic mass is 10.2. The summed E-state index contributed by atoms with van der Waals surface area (Å²) in [5.74, 6) is 1.87. The highest BCUT2D eigenvalue weighted by atomic mass is 16.3. The van der Waals surface area contributed by atoms with Crippen LogP contribution in [0, 0.1) is 6.92 Å². The Morgan fingerprint density at radius 3 is 3.06 bits per heavy atom. The molecule has 86 valence electrons. The van der Waals surface area contributed by atoms with E-state index in [0.29, 0.717) is 29.2 Å². The summed E-state index contributed by atoms with van der Waals surface area (Å²) in [6.45, 7) is 1.98. The molecular weight excluding hydrogens is 218 g/mol. The van der Waals surface area contributed by atoms with E-state index in [1.807, 2.05) is 13.0 Å². The zero-order valence-corrected chi connectivity index (χ0v) is 9.27. The number of nitrogens with two attached hydrogens (primary N) is 1. The Balaban J connectivity index is 2.03. The van der Waals surface area contributed by atoms with Crippen LogP contribution >= 0.6 is 0 Å². The second-order valence-corrected chi connectivity index (χ2v) is 3.83. The minimum absolute atomic E-state index is 0.409. The first-order valence-electron chi connectivity index (χ1n) is 5.22. The number of rotatable bonds is 2. The maximum atomic E-state index is 5.82. The van der Waals surface area contributed by atoms with Gasteiger partial charge in [-0.15, -0.1) is 0 Å². The fourth-order valence-corrected chi connectivity index (χ4v) is 1.71. The molecule has 17 heavy (non-hydrogen) atoms. The van der Waals surface area contributed by atoms with Gasteiger partial charge < -0.3 is 15.1 Å². The number of nitrogen functional groups attached to an aromatic ring is 1. The van der Waals surface area contributed by atoms with Gasteiger partial charge in [-0.05, 0) is 18.6 Å². The topological polar surface area (TPSA) is 93.6 Å². The van der Waals surface area contributed by atoms with Crippen molar-refractivity contribution in [3.8, 4) is 0 Å². The first-order chi connectivity index (χ1) is 8.24. The van der Waals surface area contributed by atoms with Gasteiger partial charge >= 0.3 is 0 Å². The van der Waals surface area contributed by atoms with Crippen molar-refractivity contribution in [3.05, 3.63) is 35.8 Å². The quantitative estimate of drug-likeness (QED) is 0.693. The summed E-state index contributed by atoms with van der Waals surface area (Å²) in [6.07, 6.45) is 3.73. The summed E-state index contributed by atoms with van der Waals surface area (Å²) in [4.78, 5) is 15.5. The van der Waals surface area contributed by atoms with Crippen LogP contribution in [0.3, 0.4) is 0 Å². The Labute approximate surface area is 96.9 Å². The number of anilines is 1. The van der Waals surface area contributed by atoms with Crippen LogP contribution in [-0.2, 0) is 6.42 Å².